The van der Waals surface area contributed by atoms with Crippen molar-refractivity contribution in [1.29, 1.82) is 0 Å². The smallest absolute Gasteiger partial charge is 0.247 e. The molecule has 26 heavy (non-hydrogen) atoms. The number of hydrogen-bond donors (Lipinski definition) is 1. The quantitative estimate of drug-likeness (QED) is 0.466. The first-order valence-electron chi connectivity index (χ1n) is 9.21. The third kappa shape index (κ3) is 3.40. The number of aliphatic hydroxyl groups excluding tert-OH is 1. The van der Waals surface area contributed by atoms with E-state index in [-0.39, 0.29) is 36.2 Å². The van der Waals surface area contributed by atoms with Crippen LogP contribution >= 0.6 is 0 Å². The molecule has 7 heteroatoms. The molecule has 0 bridgehead atoms. The van der Waals surface area contributed by atoms with E-state index in [0.29, 0.717) is 18.6 Å². The lowest BCUT2D eigenvalue weighted by atomic mass is 9.86. The zero-order valence-electron chi connectivity index (χ0n) is 15.9. The summed E-state index contributed by atoms with van der Waals surface area (Å²) in [6.07, 6.45) is 0.385. The Morgan fingerprint density at radius 2 is 2.19 bits per heavy atom. The summed E-state index contributed by atoms with van der Waals surface area (Å²) in [6.45, 7) is 6.01. The zero-order valence-corrected chi connectivity index (χ0v) is 16.9. The summed E-state index contributed by atoms with van der Waals surface area (Å²) in [7, 11) is -1.38. The van der Waals surface area contributed by atoms with Gasteiger partial charge < -0.3 is 23.6 Å². The number of ether oxygens (including phenoxy) is 2. The third-order valence-corrected chi connectivity index (χ3v) is 8.07. The van der Waals surface area contributed by atoms with Crippen molar-refractivity contribution >= 4 is 20.0 Å². The van der Waals surface area contributed by atoms with Crippen LogP contribution in [0.3, 0.4) is 0 Å². The van der Waals surface area contributed by atoms with Gasteiger partial charge in [-0.15, -0.1) is 0 Å². The minimum atomic E-state index is -3.03. The van der Waals surface area contributed by atoms with Gasteiger partial charge in [0.15, 0.2) is 0 Å². The molecule has 0 spiro atoms. The second-order valence-corrected chi connectivity index (χ2v) is 11.7. The Morgan fingerprint density at radius 1 is 1.46 bits per heavy atom. The van der Waals surface area contributed by atoms with E-state index in [1.54, 1.807) is 25.1 Å². The number of rotatable bonds is 6. The lowest BCUT2D eigenvalue weighted by molar-refractivity contribution is -0.122. The van der Waals surface area contributed by atoms with Crippen LogP contribution in [0.15, 0.2) is 18.2 Å². The van der Waals surface area contributed by atoms with Crippen LogP contribution in [0.2, 0.25) is 18.6 Å². The van der Waals surface area contributed by atoms with Gasteiger partial charge in [0.05, 0.1) is 6.10 Å². The molecule has 1 fully saturated rings. The van der Waals surface area contributed by atoms with Gasteiger partial charge in [-0.05, 0) is 37.7 Å². The molecule has 4 atom stereocenters. The molecule has 0 aromatic heterocycles. The van der Waals surface area contributed by atoms with Gasteiger partial charge in [0, 0.05) is 49.4 Å². The molecule has 1 aromatic carbocycles. The highest BCUT2D eigenvalue weighted by atomic mass is 28.4. The summed E-state index contributed by atoms with van der Waals surface area (Å²) >= 11 is 0. The summed E-state index contributed by atoms with van der Waals surface area (Å²) in [5.41, 5.74) is 1.43. The number of nitrogens with zero attached hydrogens (tertiary/aromatic N) is 1. The normalized spacial score (nSPS) is 26.8. The maximum absolute atomic E-state index is 14.9. The number of benzene rings is 1. The maximum atomic E-state index is 14.9. The Morgan fingerprint density at radius 3 is 2.69 bits per heavy atom. The Kier molecular flexibility index (Phi) is 5.42. The fraction of sp³-hybridized carbons (Fsp3) is 0.632. The number of β-lactam (4-membered cyclic amide) rings is 1. The molecule has 5 nitrogen and oxygen atoms in total. The van der Waals surface area contributed by atoms with Crippen molar-refractivity contribution in [1.82, 2.24) is 0 Å². The van der Waals surface area contributed by atoms with Gasteiger partial charge in [0.2, 0.25) is 14.3 Å². The summed E-state index contributed by atoms with van der Waals surface area (Å²) in [5.74, 6) is 0.738. The number of amides is 1. The average molecular weight is 382 g/mol. The molecule has 3 rings (SSSR count). The fourth-order valence-corrected chi connectivity index (χ4v) is 6.13. The Labute approximate surface area is 155 Å². The second kappa shape index (κ2) is 7.29. The summed E-state index contributed by atoms with van der Waals surface area (Å²) in [5, 5.41) is 9.42. The minimum Gasteiger partial charge on any atom is -0.490 e. The number of halogens is 1. The van der Waals surface area contributed by atoms with Gasteiger partial charge >= 0.3 is 0 Å². The van der Waals surface area contributed by atoms with E-state index in [2.05, 4.69) is 0 Å². The SMILES string of the molecule is CO[C@@H]1c2cc(N3CCC3=O)ccc2O[C@H](C(CCO)[Si](C)(C)F)[C@H]1C. The summed E-state index contributed by atoms with van der Waals surface area (Å²) in [4.78, 5) is 13.5. The molecular weight excluding hydrogens is 353 g/mol. The number of methoxy groups -OCH3 is 1. The predicted molar refractivity (Wildman–Crippen MR) is 101 cm³/mol. The largest absolute Gasteiger partial charge is 0.490 e. The molecule has 1 saturated heterocycles. The molecule has 144 valence electrons. The van der Waals surface area contributed by atoms with Crippen molar-refractivity contribution in [2.75, 3.05) is 25.2 Å². The molecule has 1 unspecified atom stereocenters. The van der Waals surface area contributed by atoms with Gasteiger partial charge in [-0.1, -0.05) is 6.92 Å². The van der Waals surface area contributed by atoms with E-state index in [1.165, 1.54) is 0 Å². The van der Waals surface area contributed by atoms with Crippen LogP contribution in [-0.2, 0) is 9.53 Å². The highest BCUT2D eigenvalue weighted by Crippen LogP contribution is 2.48. The van der Waals surface area contributed by atoms with E-state index in [0.717, 1.165) is 17.8 Å². The molecule has 2 aliphatic heterocycles. The molecule has 0 radical (unpaired) electrons. The topological polar surface area (TPSA) is 59.0 Å². The Hall–Kier alpha value is -1.44. The molecule has 2 aliphatic rings. The number of fused-ring (bicyclic) bond motifs is 1. The average Bonchev–Trinajstić information content (AvgIpc) is 2.57. The van der Waals surface area contributed by atoms with E-state index in [9.17, 15) is 14.0 Å². The highest BCUT2D eigenvalue weighted by molar-refractivity contribution is 6.72. The number of anilines is 1. The molecule has 1 aromatic rings. The van der Waals surface area contributed by atoms with Gasteiger partial charge in [0.25, 0.3) is 0 Å². The number of aliphatic hydroxyl groups is 1. The van der Waals surface area contributed by atoms with Gasteiger partial charge in [0.1, 0.15) is 11.9 Å². The van der Waals surface area contributed by atoms with E-state index >= 15 is 0 Å². The fourth-order valence-electron chi connectivity index (χ4n) is 4.16. The predicted octanol–water partition coefficient (Wildman–Crippen LogP) is 3.44. The van der Waals surface area contributed by atoms with Crippen molar-refractivity contribution in [2.45, 2.75) is 50.6 Å². The van der Waals surface area contributed by atoms with Crippen molar-refractivity contribution < 1.29 is 23.5 Å². The van der Waals surface area contributed by atoms with Crippen molar-refractivity contribution in [3.63, 3.8) is 0 Å². The van der Waals surface area contributed by atoms with Crippen LogP contribution in [0.1, 0.15) is 31.4 Å². The summed E-state index contributed by atoms with van der Waals surface area (Å²) in [6, 6.07) is 5.67. The number of carbonyl (C=O) groups is 1. The molecule has 0 aliphatic carbocycles. The van der Waals surface area contributed by atoms with Crippen LogP contribution in [-0.4, -0.2) is 45.8 Å². The first kappa shape index (κ1) is 19.3. The van der Waals surface area contributed by atoms with Crippen LogP contribution < -0.4 is 9.64 Å². The van der Waals surface area contributed by atoms with E-state index in [4.69, 9.17) is 9.47 Å². The van der Waals surface area contributed by atoms with Crippen LogP contribution in [0, 0.1) is 5.92 Å². The molecular formula is C19H28FNO4Si. The monoisotopic (exact) mass is 381 g/mol. The van der Waals surface area contributed by atoms with Crippen molar-refractivity contribution in [3.05, 3.63) is 23.8 Å². The molecule has 1 N–H and O–H groups in total. The van der Waals surface area contributed by atoms with Crippen LogP contribution in [0.25, 0.3) is 0 Å². The van der Waals surface area contributed by atoms with E-state index in [1.807, 2.05) is 25.1 Å². The first-order valence-corrected chi connectivity index (χ1v) is 12.2. The lowest BCUT2D eigenvalue weighted by Crippen LogP contribution is -2.46. The standard InChI is InChI=1S/C19H28FNO4Si/c1-12-18(24-2)14-11-13(21-9-7-17(21)23)5-6-15(14)25-19(12)16(8-10-22)26(3,4)20/h5-6,11-12,16,18-19,22H,7-10H2,1-4H3/t12-,16?,18-,19-/m0/s1. The van der Waals surface area contributed by atoms with Gasteiger partial charge in [-0.2, -0.15) is 0 Å². The highest BCUT2D eigenvalue weighted by Gasteiger charge is 2.47. The summed E-state index contributed by atoms with van der Waals surface area (Å²) < 4.78 is 26.9. The van der Waals surface area contributed by atoms with Gasteiger partial charge in [-0.25, -0.2) is 0 Å². The van der Waals surface area contributed by atoms with Crippen LogP contribution in [0.4, 0.5) is 9.80 Å². The maximum Gasteiger partial charge on any atom is 0.247 e. The lowest BCUT2D eigenvalue weighted by Gasteiger charge is -2.43. The Balaban J connectivity index is 1.95. The minimum absolute atomic E-state index is 0.0574. The second-order valence-electron chi connectivity index (χ2n) is 7.80. The number of carbonyl (C=O) groups excluding carboxylic acids is 1. The molecule has 1 amide bonds. The van der Waals surface area contributed by atoms with Crippen LogP contribution in [0.5, 0.6) is 5.75 Å². The molecule has 2 heterocycles. The van der Waals surface area contributed by atoms with Crippen molar-refractivity contribution in [3.8, 4) is 5.75 Å². The Bertz CT molecular complexity index is 678. The van der Waals surface area contributed by atoms with Gasteiger partial charge in [-0.3, -0.25) is 4.79 Å². The number of hydrogen-bond acceptors (Lipinski definition) is 4. The zero-order chi connectivity index (χ0) is 19.1. The molecule has 0 saturated carbocycles. The third-order valence-electron chi connectivity index (χ3n) is 5.69. The van der Waals surface area contributed by atoms with Crippen molar-refractivity contribution in [2.24, 2.45) is 5.92 Å². The van der Waals surface area contributed by atoms with E-state index < -0.39 is 8.41 Å². The first-order chi connectivity index (χ1) is 12.3.